The molecule has 0 aliphatic carbocycles. The van der Waals surface area contributed by atoms with Gasteiger partial charge in [-0.1, -0.05) is 34.1 Å². The molecule has 1 N–H and O–H groups in total. The monoisotopic (exact) mass is 475 g/mol. The van der Waals surface area contributed by atoms with Crippen molar-refractivity contribution in [3.8, 4) is 0 Å². The molecular formula is C20H18BrN3O4S. The van der Waals surface area contributed by atoms with Crippen LogP contribution in [0.25, 0.3) is 0 Å². The van der Waals surface area contributed by atoms with Crippen LogP contribution < -0.4 is 10.2 Å². The van der Waals surface area contributed by atoms with Crippen LogP contribution in [0.1, 0.15) is 6.42 Å². The maximum absolute atomic E-state index is 13.1. The fourth-order valence-electron chi connectivity index (χ4n) is 2.95. The van der Waals surface area contributed by atoms with E-state index in [0.29, 0.717) is 11.4 Å². The molecule has 1 atom stereocenters. The zero-order chi connectivity index (χ0) is 21.0. The number of thiocarbonyl (C=S) groups is 1. The maximum Gasteiger partial charge on any atom is 0.325 e. The Kier molecular flexibility index (Phi) is 6.60. The van der Waals surface area contributed by atoms with E-state index in [9.17, 15) is 14.4 Å². The molecule has 2 amide bonds. The minimum absolute atomic E-state index is 0.157. The molecule has 0 unspecified atom stereocenters. The molecule has 0 bridgehead atoms. The highest BCUT2D eigenvalue weighted by atomic mass is 79.9. The van der Waals surface area contributed by atoms with Gasteiger partial charge in [-0.2, -0.15) is 0 Å². The number of benzene rings is 2. The molecule has 1 fully saturated rings. The molecule has 0 aromatic heterocycles. The van der Waals surface area contributed by atoms with Gasteiger partial charge in [0, 0.05) is 10.2 Å². The topological polar surface area (TPSA) is 79.0 Å². The van der Waals surface area contributed by atoms with Crippen molar-refractivity contribution in [1.82, 2.24) is 4.90 Å². The first-order chi connectivity index (χ1) is 13.9. The molecule has 0 spiro atoms. The summed E-state index contributed by atoms with van der Waals surface area (Å²) in [5.41, 5.74) is 1.18. The lowest BCUT2D eigenvalue weighted by Crippen LogP contribution is -2.41. The highest BCUT2D eigenvalue weighted by Crippen LogP contribution is 2.27. The van der Waals surface area contributed by atoms with Gasteiger partial charge in [-0.15, -0.1) is 0 Å². The number of anilines is 2. The number of hydrogen-bond donors (Lipinski definition) is 1. The van der Waals surface area contributed by atoms with Crippen molar-refractivity contribution in [2.24, 2.45) is 0 Å². The third-order valence-corrected chi connectivity index (χ3v) is 5.31. The quantitative estimate of drug-likeness (QED) is 0.511. The van der Waals surface area contributed by atoms with Gasteiger partial charge in [0.1, 0.15) is 12.6 Å². The average molecular weight is 476 g/mol. The lowest BCUT2D eigenvalue weighted by Gasteiger charge is -2.22. The van der Waals surface area contributed by atoms with Crippen molar-refractivity contribution in [3.05, 3.63) is 59.1 Å². The van der Waals surface area contributed by atoms with E-state index in [4.69, 9.17) is 17.0 Å². The van der Waals surface area contributed by atoms with Crippen molar-refractivity contribution < 1.29 is 19.1 Å². The zero-order valence-electron chi connectivity index (χ0n) is 15.5. The summed E-state index contributed by atoms with van der Waals surface area (Å²) in [6.45, 7) is -0.222. The number of nitrogens with one attached hydrogen (secondary N) is 1. The van der Waals surface area contributed by atoms with Crippen LogP contribution in [0.4, 0.5) is 11.4 Å². The van der Waals surface area contributed by atoms with E-state index >= 15 is 0 Å². The summed E-state index contributed by atoms with van der Waals surface area (Å²) in [6.07, 6.45) is -0.157. The van der Waals surface area contributed by atoms with Crippen molar-refractivity contribution in [1.29, 1.82) is 0 Å². The molecular weight excluding hydrogens is 458 g/mol. The van der Waals surface area contributed by atoms with Crippen LogP contribution in [0.2, 0.25) is 0 Å². The Morgan fingerprint density at radius 3 is 2.41 bits per heavy atom. The van der Waals surface area contributed by atoms with Gasteiger partial charge in [0.2, 0.25) is 5.91 Å². The van der Waals surface area contributed by atoms with Gasteiger partial charge in [0.05, 0.1) is 19.2 Å². The third-order valence-electron chi connectivity index (χ3n) is 4.37. The van der Waals surface area contributed by atoms with Crippen molar-refractivity contribution in [3.63, 3.8) is 0 Å². The normalized spacial score (nSPS) is 16.1. The third kappa shape index (κ3) is 4.80. The predicted molar refractivity (Wildman–Crippen MR) is 116 cm³/mol. The van der Waals surface area contributed by atoms with Crippen LogP contribution in [0.3, 0.4) is 0 Å². The average Bonchev–Trinajstić information content (AvgIpc) is 2.94. The van der Waals surface area contributed by atoms with E-state index in [0.717, 1.165) is 4.47 Å². The molecule has 1 aliphatic rings. The number of carbonyl (C=O) groups excluding carboxylic acids is 3. The van der Waals surface area contributed by atoms with Crippen LogP contribution in [0.5, 0.6) is 0 Å². The predicted octanol–water partition coefficient (Wildman–Crippen LogP) is 2.95. The molecule has 7 nitrogen and oxygen atoms in total. The smallest absolute Gasteiger partial charge is 0.325 e. The summed E-state index contributed by atoms with van der Waals surface area (Å²) in [5.74, 6) is -1.28. The molecule has 1 saturated heterocycles. The second kappa shape index (κ2) is 9.15. The summed E-state index contributed by atoms with van der Waals surface area (Å²) in [6, 6.07) is 15.0. The number of methoxy groups -OCH3 is 1. The summed E-state index contributed by atoms with van der Waals surface area (Å²) >= 11 is 8.78. The second-order valence-electron chi connectivity index (χ2n) is 6.27. The van der Waals surface area contributed by atoms with E-state index in [2.05, 4.69) is 21.2 Å². The number of para-hydroxylation sites is 1. The van der Waals surface area contributed by atoms with Crippen molar-refractivity contribution in [2.45, 2.75) is 12.5 Å². The molecule has 2 aromatic carbocycles. The van der Waals surface area contributed by atoms with Crippen LogP contribution in [0, 0.1) is 0 Å². The van der Waals surface area contributed by atoms with Gasteiger partial charge in [-0.3, -0.25) is 19.3 Å². The first-order valence-corrected chi connectivity index (χ1v) is 9.92. The van der Waals surface area contributed by atoms with Crippen LogP contribution in [0.15, 0.2) is 59.1 Å². The van der Waals surface area contributed by atoms with E-state index < -0.39 is 12.0 Å². The molecule has 2 aromatic rings. The minimum atomic E-state index is -0.905. The van der Waals surface area contributed by atoms with Gasteiger partial charge in [0.15, 0.2) is 5.11 Å². The minimum Gasteiger partial charge on any atom is -0.468 e. The van der Waals surface area contributed by atoms with E-state index in [1.807, 2.05) is 6.07 Å². The highest BCUT2D eigenvalue weighted by molar-refractivity contribution is 9.10. The molecule has 150 valence electrons. The molecule has 0 radical (unpaired) electrons. The first kappa shape index (κ1) is 20.9. The number of hydrogen-bond acceptors (Lipinski definition) is 5. The fourth-order valence-corrected chi connectivity index (χ4v) is 3.60. The molecule has 1 aliphatic heterocycles. The molecule has 0 saturated carbocycles. The SMILES string of the molecule is COC(=O)CN1C(=S)N(c2ccccc2)C(=O)[C@@H]1CC(=O)Nc1ccc(Br)cc1. The number of esters is 1. The Labute approximate surface area is 181 Å². The van der Waals surface area contributed by atoms with Gasteiger partial charge in [-0.25, -0.2) is 0 Å². The summed E-state index contributed by atoms with van der Waals surface area (Å²) in [7, 11) is 1.26. The second-order valence-corrected chi connectivity index (χ2v) is 7.55. The van der Waals surface area contributed by atoms with Crippen LogP contribution in [-0.4, -0.2) is 47.5 Å². The number of amides is 2. The van der Waals surface area contributed by atoms with Crippen LogP contribution in [-0.2, 0) is 19.1 Å². The van der Waals surface area contributed by atoms with Crippen LogP contribution >= 0.6 is 28.1 Å². The highest BCUT2D eigenvalue weighted by Gasteiger charge is 2.44. The zero-order valence-corrected chi connectivity index (χ0v) is 17.9. The fraction of sp³-hybridized carbons (Fsp3) is 0.200. The Balaban J connectivity index is 1.81. The lowest BCUT2D eigenvalue weighted by atomic mass is 10.1. The van der Waals surface area contributed by atoms with Gasteiger partial charge in [0.25, 0.3) is 5.91 Å². The Bertz CT molecular complexity index is 937. The molecule has 9 heteroatoms. The summed E-state index contributed by atoms with van der Waals surface area (Å²) in [4.78, 5) is 40.3. The molecule has 1 heterocycles. The van der Waals surface area contributed by atoms with Crippen molar-refractivity contribution in [2.75, 3.05) is 23.9 Å². The Hall–Kier alpha value is -2.78. The first-order valence-electron chi connectivity index (χ1n) is 8.72. The number of carbonyl (C=O) groups is 3. The Morgan fingerprint density at radius 2 is 1.79 bits per heavy atom. The number of halogens is 1. The number of rotatable bonds is 6. The van der Waals surface area contributed by atoms with Gasteiger partial charge < -0.3 is 15.0 Å². The number of nitrogens with zero attached hydrogens (tertiary/aromatic N) is 2. The van der Waals surface area contributed by atoms with E-state index in [1.54, 1.807) is 48.5 Å². The summed E-state index contributed by atoms with van der Waals surface area (Å²) in [5, 5.41) is 2.92. The largest absolute Gasteiger partial charge is 0.468 e. The standard InChI is InChI=1S/C20H18BrN3O4S/c1-28-18(26)12-23-16(11-17(25)22-14-9-7-13(21)8-10-14)19(27)24(20(23)29)15-5-3-2-4-6-15/h2-10,16H,11-12H2,1H3,(H,22,25)/t16-/m0/s1. The van der Waals surface area contributed by atoms with Crippen molar-refractivity contribution >= 4 is 62.4 Å². The van der Waals surface area contributed by atoms with E-state index in [-0.39, 0.29) is 29.9 Å². The van der Waals surface area contributed by atoms with Gasteiger partial charge >= 0.3 is 5.97 Å². The maximum atomic E-state index is 13.1. The Morgan fingerprint density at radius 1 is 1.14 bits per heavy atom. The molecule has 3 rings (SSSR count). The van der Waals surface area contributed by atoms with Gasteiger partial charge in [-0.05, 0) is 48.6 Å². The molecule has 29 heavy (non-hydrogen) atoms. The number of ether oxygens (including phenoxy) is 1. The lowest BCUT2D eigenvalue weighted by molar-refractivity contribution is -0.141. The summed E-state index contributed by atoms with van der Waals surface area (Å²) < 4.78 is 5.61. The van der Waals surface area contributed by atoms with E-state index in [1.165, 1.54) is 16.9 Å².